The van der Waals surface area contributed by atoms with Crippen molar-refractivity contribution in [1.29, 1.82) is 0 Å². The van der Waals surface area contributed by atoms with Gasteiger partial charge in [0.25, 0.3) is 11.7 Å². The lowest BCUT2D eigenvalue weighted by Gasteiger charge is -2.28. The van der Waals surface area contributed by atoms with Crippen molar-refractivity contribution in [2.75, 3.05) is 46.5 Å². The van der Waals surface area contributed by atoms with Crippen molar-refractivity contribution < 1.29 is 28.6 Å². The quantitative estimate of drug-likeness (QED) is 0.385. The van der Waals surface area contributed by atoms with E-state index >= 15 is 0 Å². The summed E-state index contributed by atoms with van der Waals surface area (Å²) < 4.78 is 16.1. The van der Waals surface area contributed by atoms with E-state index in [0.29, 0.717) is 43.3 Å². The number of Topliss-reactive ketones (excluding diaryl/α,β-unsaturated/α-hetero) is 1. The molecule has 2 fully saturated rings. The van der Waals surface area contributed by atoms with E-state index in [9.17, 15) is 14.7 Å². The molecule has 1 unspecified atom stereocenters. The van der Waals surface area contributed by atoms with Crippen LogP contribution < -0.4 is 4.74 Å². The first kappa shape index (κ1) is 22.4. The van der Waals surface area contributed by atoms with Gasteiger partial charge in [0, 0.05) is 31.7 Å². The van der Waals surface area contributed by atoms with Gasteiger partial charge in [-0.1, -0.05) is 11.6 Å². The van der Waals surface area contributed by atoms with Crippen LogP contribution in [0.25, 0.3) is 5.76 Å². The molecule has 3 heterocycles. The predicted molar refractivity (Wildman–Crippen MR) is 118 cm³/mol. The molecule has 0 spiro atoms. The van der Waals surface area contributed by atoms with Gasteiger partial charge in [0.15, 0.2) is 0 Å². The minimum atomic E-state index is -0.810. The van der Waals surface area contributed by atoms with Crippen molar-refractivity contribution in [3.8, 4) is 5.75 Å². The number of ether oxygens (including phenoxy) is 2. The van der Waals surface area contributed by atoms with Gasteiger partial charge in [-0.25, -0.2) is 0 Å². The van der Waals surface area contributed by atoms with Crippen LogP contribution in [0.15, 0.2) is 46.6 Å². The van der Waals surface area contributed by atoms with Crippen LogP contribution in [0, 0.1) is 0 Å². The third-order valence-electron chi connectivity index (χ3n) is 5.75. The fourth-order valence-electron chi connectivity index (χ4n) is 4.11. The third-order valence-corrected chi connectivity index (χ3v) is 6.05. The van der Waals surface area contributed by atoms with Crippen molar-refractivity contribution in [1.82, 2.24) is 9.80 Å². The van der Waals surface area contributed by atoms with E-state index in [2.05, 4.69) is 4.90 Å². The number of ketones is 1. The number of nitrogens with zero attached hydrogens (tertiary/aromatic N) is 2. The Morgan fingerprint density at radius 3 is 2.66 bits per heavy atom. The number of halogens is 1. The first-order chi connectivity index (χ1) is 15.5. The fourth-order valence-corrected chi connectivity index (χ4v) is 4.37. The molecule has 2 aliphatic rings. The summed E-state index contributed by atoms with van der Waals surface area (Å²) in [7, 11) is 1.49. The summed E-state index contributed by atoms with van der Waals surface area (Å²) in [5.74, 6) is -0.854. The number of methoxy groups -OCH3 is 1. The van der Waals surface area contributed by atoms with E-state index < -0.39 is 17.7 Å². The van der Waals surface area contributed by atoms with Crippen LogP contribution in [0.2, 0.25) is 5.02 Å². The maximum atomic E-state index is 13.0. The van der Waals surface area contributed by atoms with Crippen LogP contribution in [-0.4, -0.2) is 73.1 Å². The average Bonchev–Trinajstić information content (AvgIpc) is 3.42. The van der Waals surface area contributed by atoms with Gasteiger partial charge in [0.2, 0.25) is 0 Å². The van der Waals surface area contributed by atoms with E-state index in [4.69, 9.17) is 25.5 Å². The van der Waals surface area contributed by atoms with E-state index in [-0.39, 0.29) is 16.4 Å². The van der Waals surface area contributed by atoms with Gasteiger partial charge in [-0.15, -0.1) is 0 Å². The second-order valence-electron chi connectivity index (χ2n) is 7.66. The zero-order valence-corrected chi connectivity index (χ0v) is 18.5. The molecule has 1 N–H and O–H groups in total. The van der Waals surface area contributed by atoms with Crippen LogP contribution in [-0.2, 0) is 14.3 Å². The number of carbonyl (C=O) groups excluding carboxylic acids is 2. The van der Waals surface area contributed by atoms with Crippen molar-refractivity contribution >= 4 is 29.1 Å². The standard InChI is InChI=1S/C23H25ClN2O6/c1-30-17-6-5-15(14-16(17)24)21(27)19-20(18-4-2-11-32-18)26(23(29)22(19)28)8-3-7-25-9-12-31-13-10-25/h2,4-6,11,14,20,27H,3,7-10,12-13H2,1H3. The van der Waals surface area contributed by atoms with E-state index in [0.717, 1.165) is 19.6 Å². The van der Waals surface area contributed by atoms with Crippen molar-refractivity contribution in [3.05, 3.63) is 58.5 Å². The highest BCUT2D eigenvalue weighted by molar-refractivity contribution is 6.46. The van der Waals surface area contributed by atoms with Crippen molar-refractivity contribution in [3.63, 3.8) is 0 Å². The van der Waals surface area contributed by atoms with Gasteiger partial charge >= 0.3 is 0 Å². The Bertz CT molecular complexity index is 1010. The van der Waals surface area contributed by atoms with E-state index in [1.54, 1.807) is 24.3 Å². The lowest BCUT2D eigenvalue weighted by Crippen LogP contribution is -2.38. The van der Waals surface area contributed by atoms with Crippen LogP contribution in [0.1, 0.15) is 23.8 Å². The Morgan fingerprint density at radius 1 is 1.22 bits per heavy atom. The predicted octanol–water partition coefficient (Wildman–Crippen LogP) is 3.09. The smallest absolute Gasteiger partial charge is 0.295 e. The number of aliphatic hydroxyl groups is 1. The molecule has 1 aromatic heterocycles. The monoisotopic (exact) mass is 460 g/mol. The van der Waals surface area contributed by atoms with Gasteiger partial charge in [-0.2, -0.15) is 0 Å². The van der Waals surface area contributed by atoms with Crippen molar-refractivity contribution in [2.45, 2.75) is 12.5 Å². The summed E-state index contributed by atoms with van der Waals surface area (Å²) in [5, 5.41) is 11.3. The van der Waals surface area contributed by atoms with E-state index in [1.165, 1.54) is 24.3 Å². The molecule has 0 aliphatic carbocycles. The summed E-state index contributed by atoms with van der Waals surface area (Å²) in [6.45, 7) is 4.22. The molecule has 0 saturated carbocycles. The maximum absolute atomic E-state index is 13.0. The second-order valence-corrected chi connectivity index (χ2v) is 8.07. The average molecular weight is 461 g/mol. The molecule has 170 valence electrons. The normalized spacial score (nSPS) is 21.3. The number of hydrogen-bond acceptors (Lipinski definition) is 7. The van der Waals surface area contributed by atoms with Crippen LogP contribution in [0.4, 0.5) is 0 Å². The number of rotatable bonds is 7. The number of morpholine rings is 1. The zero-order valence-electron chi connectivity index (χ0n) is 17.8. The lowest BCUT2D eigenvalue weighted by atomic mass is 9.99. The summed E-state index contributed by atoms with van der Waals surface area (Å²) in [6, 6.07) is 7.26. The number of aliphatic hydroxyl groups excluding tert-OH is 1. The molecular formula is C23H25ClN2O6. The number of likely N-dealkylation sites (tertiary alicyclic amines) is 1. The highest BCUT2D eigenvalue weighted by atomic mass is 35.5. The van der Waals surface area contributed by atoms with Gasteiger partial charge in [0.1, 0.15) is 23.3 Å². The number of benzene rings is 1. The Morgan fingerprint density at radius 2 is 2.00 bits per heavy atom. The Kier molecular flexibility index (Phi) is 6.83. The third kappa shape index (κ3) is 4.39. The highest BCUT2D eigenvalue weighted by Gasteiger charge is 2.47. The van der Waals surface area contributed by atoms with Gasteiger partial charge in [0.05, 0.1) is 37.2 Å². The topological polar surface area (TPSA) is 92.5 Å². The number of furan rings is 1. The van der Waals surface area contributed by atoms with E-state index in [1.807, 2.05) is 0 Å². The maximum Gasteiger partial charge on any atom is 0.295 e. The molecule has 0 radical (unpaired) electrons. The Hall–Kier alpha value is -2.81. The summed E-state index contributed by atoms with van der Waals surface area (Å²) in [5.41, 5.74) is 0.302. The molecule has 9 heteroatoms. The Labute approximate surface area is 190 Å². The zero-order chi connectivity index (χ0) is 22.7. The fraction of sp³-hybridized carbons (Fsp3) is 0.391. The summed E-state index contributed by atoms with van der Waals surface area (Å²) in [4.78, 5) is 29.6. The molecule has 8 nitrogen and oxygen atoms in total. The molecule has 2 aliphatic heterocycles. The van der Waals surface area contributed by atoms with Crippen LogP contribution in [0.5, 0.6) is 5.75 Å². The van der Waals surface area contributed by atoms with Crippen molar-refractivity contribution in [2.24, 2.45) is 0 Å². The van der Waals surface area contributed by atoms with Gasteiger partial charge in [-0.3, -0.25) is 14.5 Å². The van der Waals surface area contributed by atoms with Crippen LogP contribution >= 0.6 is 11.6 Å². The molecule has 2 aromatic rings. The molecule has 0 bridgehead atoms. The molecule has 1 atom stereocenters. The largest absolute Gasteiger partial charge is 0.507 e. The summed E-state index contributed by atoms with van der Waals surface area (Å²) in [6.07, 6.45) is 2.16. The minimum Gasteiger partial charge on any atom is -0.507 e. The summed E-state index contributed by atoms with van der Waals surface area (Å²) >= 11 is 6.20. The first-order valence-electron chi connectivity index (χ1n) is 10.5. The van der Waals surface area contributed by atoms with Gasteiger partial charge < -0.3 is 23.9 Å². The molecule has 1 aromatic carbocycles. The van der Waals surface area contributed by atoms with Crippen LogP contribution in [0.3, 0.4) is 0 Å². The lowest BCUT2D eigenvalue weighted by molar-refractivity contribution is -0.140. The van der Waals surface area contributed by atoms with Gasteiger partial charge in [-0.05, 0) is 36.8 Å². The molecule has 1 amide bonds. The molecule has 32 heavy (non-hydrogen) atoms. The number of amides is 1. The molecule has 4 rings (SSSR count). The molecule has 2 saturated heterocycles. The molecular weight excluding hydrogens is 436 g/mol. The number of hydrogen-bond donors (Lipinski definition) is 1. The minimum absolute atomic E-state index is 0.0162. The highest BCUT2D eigenvalue weighted by Crippen LogP contribution is 2.40. The second kappa shape index (κ2) is 9.77. The first-order valence-corrected chi connectivity index (χ1v) is 10.8. The Balaban J connectivity index is 1.63. The SMILES string of the molecule is COc1ccc(C(O)=C2C(=O)C(=O)N(CCCN3CCOCC3)C2c2ccco2)cc1Cl. The number of carbonyl (C=O) groups is 2.